The van der Waals surface area contributed by atoms with E-state index in [0.29, 0.717) is 18.1 Å². The van der Waals surface area contributed by atoms with Gasteiger partial charge in [-0.05, 0) is 50.2 Å². The molecule has 1 unspecified atom stereocenters. The maximum Gasteiger partial charge on any atom is 0.112 e. The Labute approximate surface area is 148 Å². The van der Waals surface area contributed by atoms with Crippen molar-refractivity contribution < 1.29 is 4.39 Å². The molecule has 2 N–H and O–H groups in total. The van der Waals surface area contributed by atoms with Crippen LogP contribution in [0, 0.1) is 0 Å². The van der Waals surface area contributed by atoms with Crippen molar-refractivity contribution in [1.82, 2.24) is 15.5 Å². The second kappa shape index (κ2) is 9.04. The molecular formula is C18H26ClFN4. The summed E-state index contributed by atoms with van der Waals surface area (Å²) in [5.41, 5.74) is 4.60. The summed E-state index contributed by atoms with van der Waals surface area (Å²) in [5.74, 6) is 0. The highest BCUT2D eigenvalue weighted by molar-refractivity contribution is 6.31. The smallest absolute Gasteiger partial charge is 0.112 e. The SMILES string of the molecule is CNC1C=CNC(Cl)=C1C=NCC1=CC(C)=C(CCCF)N(C)C1. The van der Waals surface area contributed by atoms with Crippen LogP contribution >= 0.6 is 11.6 Å². The molecule has 2 aliphatic heterocycles. The summed E-state index contributed by atoms with van der Waals surface area (Å²) in [5, 5.41) is 6.78. The van der Waals surface area contributed by atoms with Crippen LogP contribution in [0.2, 0.25) is 0 Å². The molecule has 0 aromatic rings. The highest BCUT2D eigenvalue weighted by atomic mass is 35.5. The van der Waals surface area contributed by atoms with Gasteiger partial charge in [-0.2, -0.15) is 0 Å². The van der Waals surface area contributed by atoms with Gasteiger partial charge < -0.3 is 15.5 Å². The van der Waals surface area contributed by atoms with Crippen LogP contribution in [-0.2, 0) is 0 Å². The third kappa shape index (κ3) is 4.71. The molecule has 4 nitrogen and oxygen atoms in total. The zero-order valence-electron chi connectivity index (χ0n) is 14.6. The molecule has 0 radical (unpaired) electrons. The molecule has 0 aromatic heterocycles. The molecule has 2 heterocycles. The fourth-order valence-corrected chi connectivity index (χ4v) is 3.27. The summed E-state index contributed by atoms with van der Waals surface area (Å²) in [6.07, 6.45) is 9.21. The Morgan fingerprint density at radius 1 is 1.54 bits per heavy atom. The van der Waals surface area contributed by atoms with Crippen molar-refractivity contribution in [3.63, 3.8) is 0 Å². The van der Waals surface area contributed by atoms with E-state index < -0.39 is 0 Å². The third-order valence-electron chi connectivity index (χ3n) is 4.25. The van der Waals surface area contributed by atoms with Crippen molar-refractivity contribution in [2.24, 2.45) is 4.99 Å². The van der Waals surface area contributed by atoms with Crippen LogP contribution in [0.15, 0.2) is 50.9 Å². The molecule has 6 heteroatoms. The molecule has 1 atom stereocenters. The molecule has 0 saturated carbocycles. The number of hydrogen-bond acceptors (Lipinski definition) is 4. The summed E-state index contributed by atoms with van der Waals surface area (Å²) in [4.78, 5) is 6.76. The van der Waals surface area contributed by atoms with Gasteiger partial charge in [0.15, 0.2) is 0 Å². The first-order valence-electron chi connectivity index (χ1n) is 8.23. The Kier molecular flexibility index (Phi) is 7.06. The Hall–Kier alpha value is -1.59. The van der Waals surface area contributed by atoms with E-state index in [4.69, 9.17) is 11.6 Å². The molecule has 2 aliphatic rings. The van der Waals surface area contributed by atoms with Crippen LogP contribution in [-0.4, -0.2) is 51.0 Å². The lowest BCUT2D eigenvalue weighted by molar-refractivity contribution is 0.396. The summed E-state index contributed by atoms with van der Waals surface area (Å²) in [6.45, 7) is 3.28. The minimum Gasteiger partial charge on any atom is -0.374 e. The summed E-state index contributed by atoms with van der Waals surface area (Å²) in [6, 6.07) is 0.0689. The van der Waals surface area contributed by atoms with E-state index in [2.05, 4.69) is 40.6 Å². The van der Waals surface area contributed by atoms with E-state index in [1.54, 1.807) is 0 Å². The average Bonchev–Trinajstić information content (AvgIpc) is 2.55. The van der Waals surface area contributed by atoms with Crippen molar-refractivity contribution in [2.45, 2.75) is 25.8 Å². The molecule has 0 spiro atoms. The van der Waals surface area contributed by atoms with E-state index in [9.17, 15) is 4.39 Å². The first kappa shape index (κ1) is 18.7. The second-order valence-corrected chi connectivity index (χ2v) is 6.47. The van der Waals surface area contributed by atoms with Gasteiger partial charge in [-0.3, -0.25) is 9.38 Å². The number of rotatable bonds is 7. The van der Waals surface area contributed by atoms with Gasteiger partial charge in [0.2, 0.25) is 0 Å². The van der Waals surface area contributed by atoms with Crippen molar-refractivity contribution in [3.05, 3.63) is 45.9 Å². The van der Waals surface area contributed by atoms with Crippen LogP contribution < -0.4 is 10.6 Å². The van der Waals surface area contributed by atoms with Gasteiger partial charge in [0.05, 0.1) is 19.3 Å². The summed E-state index contributed by atoms with van der Waals surface area (Å²) >= 11 is 6.22. The Bertz CT molecular complexity index is 604. The van der Waals surface area contributed by atoms with Crippen molar-refractivity contribution in [3.8, 4) is 0 Å². The maximum atomic E-state index is 12.4. The molecule has 0 saturated heterocycles. The molecule has 0 bridgehead atoms. The summed E-state index contributed by atoms with van der Waals surface area (Å²) in [7, 11) is 3.95. The minimum atomic E-state index is -0.267. The standard InChI is InChI=1S/C18H26ClFN4/c1-13-9-14(12-24(3)17(13)5-4-7-20)10-22-11-15-16(21-2)6-8-23-18(15)19/h6,8-9,11,16,21,23H,4-5,7,10,12H2,1-3H3. The lowest BCUT2D eigenvalue weighted by Gasteiger charge is -2.29. The molecule has 24 heavy (non-hydrogen) atoms. The number of allylic oxidation sites excluding steroid dienone is 3. The maximum absolute atomic E-state index is 12.4. The fourth-order valence-electron chi connectivity index (χ4n) is 3.05. The van der Waals surface area contributed by atoms with E-state index >= 15 is 0 Å². The topological polar surface area (TPSA) is 39.7 Å². The largest absolute Gasteiger partial charge is 0.374 e. The van der Waals surface area contributed by atoms with E-state index in [1.807, 2.05) is 25.5 Å². The van der Waals surface area contributed by atoms with E-state index in [-0.39, 0.29) is 12.7 Å². The van der Waals surface area contributed by atoms with Crippen molar-refractivity contribution >= 4 is 17.8 Å². The van der Waals surface area contributed by atoms with Crippen molar-refractivity contribution in [2.75, 3.05) is 33.9 Å². The van der Waals surface area contributed by atoms with Gasteiger partial charge in [-0.25, -0.2) is 0 Å². The van der Waals surface area contributed by atoms with Gasteiger partial charge in [-0.1, -0.05) is 17.7 Å². The molecule has 0 amide bonds. The number of aliphatic imine (C=N–C) groups is 1. The van der Waals surface area contributed by atoms with Crippen molar-refractivity contribution in [1.29, 1.82) is 0 Å². The third-order valence-corrected chi connectivity index (χ3v) is 4.57. The second-order valence-electron chi connectivity index (χ2n) is 6.09. The van der Waals surface area contributed by atoms with Crippen LogP contribution in [0.1, 0.15) is 19.8 Å². The quantitative estimate of drug-likeness (QED) is 0.546. The first-order chi connectivity index (χ1) is 11.6. The summed E-state index contributed by atoms with van der Waals surface area (Å²) < 4.78 is 12.4. The number of halogens is 2. The van der Waals surface area contributed by atoms with Crippen LogP contribution in [0.4, 0.5) is 4.39 Å². The first-order valence-corrected chi connectivity index (χ1v) is 8.61. The molecule has 0 aliphatic carbocycles. The lowest BCUT2D eigenvalue weighted by Crippen LogP contribution is -2.31. The van der Waals surface area contributed by atoms with E-state index in [1.165, 1.54) is 16.8 Å². The lowest BCUT2D eigenvalue weighted by atomic mass is 10.0. The highest BCUT2D eigenvalue weighted by Gasteiger charge is 2.16. The zero-order chi connectivity index (χ0) is 17.5. The molecular weight excluding hydrogens is 327 g/mol. The highest BCUT2D eigenvalue weighted by Crippen LogP contribution is 2.23. The van der Waals surface area contributed by atoms with Gasteiger partial charge in [0.25, 0.3) is 0 Å². The average molecular weight is 353 g/mol. The molecule has 0 fully saturated rings. The number of nitrogens with zero attached hydrogens (tertiary/aromatic N) is 2. The van der Waals surface area contributed by atoms with Crippen LogP contribution in [0.5, 0.6) is 0 Å². The van der Waals surface area contributed by atoms with Gasteiger partial charge in [-0.15, -0.1) is 0 Å². The fraction of sp³-hybridized carbons (Fsp3) is 0.500. The Morgan fingerprint density at radius 3 is 3.00 bits per heavy atom. The number of hydrogen-bond donors (Lipinski definition) is 2. The van der Waals surface area contributed by atoms with Gasteiger partial charge >= 0.3 is 0 Å². The molecule has 2 rings (SSSR count). The molecule has 132 valence electrons. The normalized spacial score (nSPS) is 21.6. The number of nitrogens with one attached hydrogen (secondary N) is 2. The van der Waals surface area contributed by atoms with Crippen LogP contribution in [0.25, 0.3) is 0 Å². The number of dihydropyridines is 1. The van der Waals surface area contributed by atoms with E-state index in [0.717, 1.165) is 18.5 Å². The van der Waals surface area contributed by atoms with Gasteiger partial charge in [0, 0.05) is 31.1 Å². The number of alkyl halides is 1. The predicted molar refractivity (Wildman–Crippen MR) is 100.0 cm³/mol. The Balaban J connectivity index is 2.03. The van der Waals surface area contributed by atoms with Gasteiger partial charge in [0.1, 0.15) is 5.16 Å². The zero-order valence-corrected chi connectivity index (χ0v) is 15.3. The Morgan fingerprint density at radius 2 is 2.33 bits per heavy atom. The minimum absolute atomic E-state index is 0.0689. The predicted octanol–water partition coefficient (Wildman–Crippen LogP) is 3.11. The molecule has 0 aromatic carbocycles. The van der Waals surface area contributed by atoms with Crippen LogP contribution in [0.3, 0.4) is 0 Å². The monoisotopic (exact) mass is 352 g/mol. The number of likely N-dealkylation sites (N-methyl/N-ethyl adjacent to an activating group) is 2.